The zero-order chi connectivity index (χ0) is 19.1. The molecule has 2 aromatic rings. The number of carbonyl (C=O) groups is 1. The Balaban J connectivity index is 1.21. The molecule has 5 rings (SSSR count). The van der Waals surface area contributed by atoms with Crippen LogP contribution in [0.15, 0.2) is 26.5 Å². The van der Waals surface area contributed by atoms with E-state index in [1.165, 1.54) is 5.69 Å². The van der Waals surface area contributed by atoms with Crippen LogP contribution in [-0.2, 0) is 11.3 Å². The van der Waals surface area contributed by atoms with Crippen molar-refractivity contribution in [3.05, 3.63) is 35.0 Å². The summed E-state index contributed by atoms with van der Waals surface area (Å²) in [5.41, 5.74) is 2.25. The van der Waals surface area contributed by atoms with Crippen molar-refractivity contribution in [1.29, 1.82) is 0 Å². The van der Waals surface area contributed by atoms with E-state index in [1.54, 1.807) is 6.34 Å². The number of furan rings is 1. The smallest absolute Gasteiger partial charge is 0.223 e. The summed E-state index contributed by atoms with van der Waals surface area (Å²) in [5.74, 6) is 2.45. The van der Waals surface area contributed by atoms with Gasteiger partial charge in [-0.2, -0.15) is 0 Å². The Morgan fingerprint density at radius 1 is 1.25 bits per heavy atom. The first-order chi connectivity index (χ1) is 13.7. The number of fused-ring (bicyclic) bond motifs is 3. The molecule has 1 saturated carbocycles. The topological polar surface area (TPSA) is 97.7 Å². The predicted octanol–water partition coefficient (Wildman–Crippen LogP) is 2.54. The number of amides is 1. The van der Waals surface area contributed by atoms with Gasteiger partial charge in [-0.1, -0.05) is 5.21 Å². The maximum Gasteiger partial charge on any atom is 0.223 e. The normalized spacial score (nSPS) is 28.2. The van der Waals surface area contributed by atoms with Gasteiger partial charge in [0.1, 0.15) is 24.0 Å². The lowest BCUT2D eigenvalue weighted by molar-refractivity contribution is -0.126. The molecule has 8 nitrogen and oxygen atoms in total. The summed E-state index contributed by atoms with van der Waals surface area (Å²) in [6.45, 7) is 2.36. The average molecular weight is 380 g/mol. The molecule has 1 amide bonds. The van der Waals surface area contributed by atoms with Gasteiger partial charge >= 0.3 is 0 Å². The fourth-order valence-corrected chi connectivity index (χ4v) is 4.61. The Labute approximate surface area is 163 Å². The average Bonchev–Trinajstić information content (AvgIpc) is 3.44. The maximum absolute atomic E-state index is 12.5. The number of nitrogens with one attached hydrogen (secondary N) is 1. The fraction of sp³-hybridized carbons (Fsp3) is 0.550. The predicted molar refractivity (Wildman–Crippen MR) is 104 cm³/mol. The molecule has 0 aromatic carbocycles. The molecule has 1 fully saturated rings. The molecule has 1 aliphatic carbocycles. The van der Waals surface area contributed by atoms with E-state index in [0.29, 0.717) is 12.5 Å². The zero-order valence-electron chi connectivity index (χ0n) is 15.9. The van der Waals surface area contributed by atoms with E-state index in [9.17, 15) is 4.79 Å². The third-order valence-corrected chi connectivity index (χ3v) is 6.13. The molecule has 0 bridgehead atoms. The SMILES string of the molecule is Cc1ccc(CNC(=O)C2CCC(c3nnn4c3C3CC=NC3N=C4)CC2)o1. The van der Waals surface area contributed by atoms with E-state index in [1.807, 2.05) is 30.0 Å². The Kier molecular flexibility index (Phi) is 4.33. The molecule has 8 heteroatoms. The first-order valence-electron chi connectivity index (χ1n) is 10.0. The quantitative estimate of drug-likeness (QED) is 0.881. The number of rotatable bonds is 4. The molecule has 2 unspecified atom stereocenters. The third-order valence-electron chi connectivity index (χ3n) is 6.13. The van der Waals surface area contributed by atoms with Gasteiger partial charge in [0.25, 0.3) is 0 Å². The molecule has 0 spiro atoms. The largest absolute Gasteiger partial charge is 0.465 e. The van der Waals surface area contributed by atoms with Crippen LogP contribution in [0.1, 0.15) is 66.8 Å². The molecular weight excluding hydrogens is 356 g/mol. The fourth-order valence-electron chi connectivity index (χ4n) is 4.61. The number of aromatic nitrogens is 3. The van der Waals surface area contributed by atoms with Crippen LogP contribution in [0.3, 0.4) is 0 Å². The van der Waals surface area contributed by atoms with Crippen molar-refractivity contribution in [2.45, 2.75) is 63.6 Å². The summed E-state index contributed by atoms with van der Waals surface area (Å²) in [6.07, 6.45) is 8.24. The van der Waals surface area contributed by atoms with E-state index in [4.69, 9.17) is 4.42 Å². The highest BCUT2D eigenvalue weighted by Crippen LogP contribution is 2.41. The van der Waals surface area contributed by atoms with Crippen molar-refractivity contribution in [1.82, 2.24) is 20.3 Å². The van der Waals surface area contributed by atoms with Crippen LogP contribution >= 0.6 is 0 Å². The van der Waals surface area contributed by atoms with E-state index in [-0.39, 0.29) is 23.9 Å². The van der Waals surface area contributed by atoms with Gasteiger partial charge in [-0.05, 0) is 51.2 Å². The molecule has 146 valence electrons. The van der Waals surface area contributed by atoms with Gasteiger partial charge in [0.2, 0.25) is 5.91 Å². The molecule has 3 aliphatic rings. The van der Waals surface area contributed by atoms with Gasteiger partial charge in [-0.25, -0.2) is 9.67 Å². The Morgan fingerprint density at radius 2 is 2.11 bits per heavy atom. The second-order valence-corrected chi connectivity index (χ2v) is 7.94. The molecule has 28 heavy (non-hydrogen) atoms. The van der Waals surface area contributed by atoms with Crippen molar-refractivity contribution in [3.63, 3.8) is 0 Å². The van der Waals surface area contributed by atoms with Gasteiger partial charge < -0.3 is 9.73 Å². The van der Waals surface area contributed by atoms with E-state index in [2.05, 4.69) is 25.6 Å². The summed E-state index contributed by atoms with van der Waals surface area (Å²) in [5, 5.41) is 11.8. The van der Waals surface area contributed by atoms with Crippen molar-refractivity contribution in [3.8, 4) is 0 Å². The lowest BCUT2D eigenvalue weighted by atomic mass is 9.78. The monoisotopic (exact) mass is 380 g/mol. The minimum Gasteiger partial charge on any atom is -0.465 e. The number of aliphatic imine (C=N–C) groups is 2. The van der Waals surface area contributed by atoms with E-state index >= 15 is 0 Å². The van der Waals surface area contributed by atoms with Crippen LogP contribution in [0.25, 0.3) is 0 Å². The summed E-state index contributed by atoms with van der Waals surface area (Å²) in [7, 11) is 0. The lowest BCUT2D eigenvalue weighted by Crippen LogP contribution is -2.32. The Hall–Kier alpha value is -2.77. The van der Waals surface area contributed by atoms with E-state index in [0.717, 1.165) is 49.3 Å². The highest BCUT2D eigenvalue weighted by molar-refractivity contribution is 5.78. The number of aryl methyl sites for hydroxylation is 1. The minimum absolute atomic E-state index is 0.0166. The van der Waals surface area contributed by atoms with Crippen LogP contribution in [0.4, 0.5) is 0 Å². The number of hydrogen-bond donors (Lipinski definition) is 1. The van der Waals surface area contributed by atoms with Crippen LogP contribution in [0, 0.1) is 12.8 Å². The molecule has 0 saturated heterocycles. The second-order valence-electron chi connectivity index (χ2n) is 7.94. The second kappa shape index (κ2) is 7.00. The molecule has 4 heterocycles. The van der Waals surface area contributed by atoms with Crippen molar-refractivity contribution in [2.24, 2.45) is 15.9 Å². The molecule has 2 atom stereocenters. The molecule has 1 N–H and O–H groups in total. The summed E-state index contributed by atoms with van der Waals surface area (Å²) in [4.78, 5) is 21.4. The molecule has 2 aromatic heterocycles. The highest BCUT2D eigenvalue weighted by atomic mass is 16.3. The molecular formula is C20H24N6O2. The zero-order valence-corrected chi connectivity index (χ0v) is 15.9. The van der Waals surface area contributed by atoms with Crippen LogP contribution in [-0.4, -0.2) is 39.6 Å². The Morgan fingerprint density at radius 3 is 2.89 bits per heavy atom. The van der Waals surface area contributed by atoms with Gasteiger partial charge in [-0.3, -0.25) is 9.79 Å². The highest BCUT2D eigenvalue weighted by Gasteiger charge is 2.37. The van der Waals surface area contributed by atoms with Crippen molar-refractivity contribution in [2.75, 3.05) is 0 Å². The Bertz CT molecular complexity index is 934. The third kappa shape index (κ3) is 3.06. The van der Waals surface area contributed by atoms with Gasteiger partial charge in [0.15, 0.2) is 0 Å². The summed E-state index contributed by atoms with van der Waals surface area (Å²) >= 11 is 0. The van der Waals surface area contributed by atoms with Crippen LogP contribution < -0.4 is 5.32 Å². The van der Waals surface area contributed by atoms with E-state index < -0.39 is 0 Å². The van der Waals surface area contributed by atoms with Crippen molar-refractivity contribution < 1.29 is 9.21 Å². The number of nitrogens with zero attached hydrogens (tertiary/aromatic N) is 5. The molecule has 0 radical (unpaired) electrons. The maximum atomic E-state index is 12.5. The number of hydrogen-bond acceptors (Lipinski definition) is 6. The van der Waals surface area contributed by atoms with Crippen molar-refractivity contribution >= 4 is 18.5 Å². The van der Waals surface area contributed by atoms with Gasteiger partial charge in [-0.15, -0.1) is 5.10 Å². The summed E-state index contributed by atoms with van der Waals surface area (Å²) < 4.78 is 7.34. The standard InChI is InChI=1S/C20H24N6O2/c1-12-2-7-15(28-12)10-22-20(27)14-5-3-13(4-6-14)17-18-16-8-9-21-19(16)23-11-26(18)25-24-17/h2,7,9,11,13-14,16,19H,3-6,8,10H2,1H3,(H,22,27). The number of carbonyl (C=O) groups excluding carboxylic acids is 1. The lowest BCUT2D eigenvalue weighted by Gasteiger charge is -2.28. The molecule has 2 aliphatic heterocycles. The van der Waals surface area contributed by atoms with Gasteiger partial charge in [0.05, 0.1) is 23.9 Å². The minimum atomic E-state index is -0.0166. The first-order valence-corrected chi connectivity index (χ1v) is 10.0. The van der Waals surface area contributed by atoms with Crippen LogP contribution in [0.2, 0.25) is 0 Å². The summed E-state index contributed by atoms with van der Waals surface area (Å²) in [6, 6.07) is 3.82. The first kappa shape index (κ1) is 17.3. The van der Waals surface area contributed by atoms with Gasteiger partial charge in [0, 0.05) is 18.1 Å². The van der Waals surface area contributed by atoms with Crippen LogP contribution in [0.5, 0.6) is 0 Å².